The minimum atomic E-state index is 0. The molecule has 0 amide bonds. The van der Waals surface area contributed by atoms with Gasteiger partial charge in [-0.05, 0) is 17.7 Å². The normalized spacial score (nSPS) is 14.7. The zero-order valence-corrected chi connectivity index (χ0v) is 16.9. The lowest BCUT2D eigenvalue weighted by atomic mass is 10.2. The number of ketones is 1. The molecule has 140 valence electrons. The van der Waals surface area contributed by atoms with Crippen molar-refractivity contribution in [2.75, 3.05) is 32.7 Å². The van der Waals surface area contributed by atoms with Gasteiger partial charge in [-0.3, -0.25) is 14.6 Å². The molecule has 0 spiro atoms. The van der Waals surface area contributed by atoms with Gasteiger partial charge in [-0.2, -0.15) is 5.26 Å². The van der Waals surface area contributed by atoms with Gasteiger partial charge < -0.3 is 0 Å². The van der Waals surface area contributed by atoms with Gasteiger partial charge in [0.25, 0.3) is 0 Å². The zero-order chi connectivity index (χ0) is 16.8. The molecule has 0 bridgehead atoms. The first kappa shape index (κ1) is 22.6. The van der Waals surface area contributed by atoms with Crippen LogP contribution in [-0.2, 0) is 17.8 Å². The van der Waals surface area contributed by atoms with Crippen molar-refractivity contribution in [3.63, 3.8) is 0 Å². The third-order valence-electron chi connectivity index (χ3n) is 4.26. The minimum Gasteiger partial charge on any atom is -0.298 e. The summed E-state index contributed by atoms with van der Waals surface area (Å²) in [5.41, 5.74) is 1.34. The van der Waals surface area contributed by atoms with Crippen LogP contribution in [0, 0.1) is 11.3 Å². The molecule has 4 nitrogen and oxygen atoms in total. The lowest BCUT2D eigenvalue weighted by molar-refractivity contribution is -0.119. The average Bonchev–Trinajstić information content (AvgIpc) is 3.05. The zero-order valence-electron chi connectivity index (χ0n) is 14.5. The van der Waals surface area contributed by atoms with Gasteiger partial charge in [-0.25, -0.2) is 0 Å². The molecule has 7 heteroatoms. The van der Waals surface area contributed by atoms with Crippen molar-refractivity contribution in [1.82, 2.24) is 9.80 Å². The molecule has 1 aliphatic heterocycles. The van der Waals surface area contributed by atoms with Crippen LogP contribution >= 0.6 is 36.2 Å². The Hall–Kier alpha value is -1.42. The van der Waals surface area contributed by atoms with Crippen molar-refractivity contribution in [3.05, 3.63) is 57.8 Å². The van der Waals surface area contributed by atoms with Crippen LogP contribution in [-0.4, -0.2) is 48.3 Å². The van der Waals surface area contributed by atoms with E-state index >= 15 is 0 Å². The average molecular weight is 412 g/mol. The van der Waals surface area contributed by atoms with Crippen LogP contribution in [0.5, 0.6) is 0 Å². The van der Waals surface area contributed by atoms with E-state index in [-0.39, 0.29) is 30.6 Å². The number of rotatable bonds is 6. The Labute approximate surface area is 171 Å². The third kappa shape index (κ3) is 6.71. The molecule has 0 saturated carbocycles. The summed E-state index contributed by atoms with van der Waals surface area (Å²) in [6.45, 7) is 5.37. The molecule has 0 N–H and O–H groups in total. The van der Waals surface area contributed by atoms with E-state index in [1.54, 1.807) is 6.07 Å². The van der Waals surface area contributed by atoms with Crippen molar-refractivity contribution < 1.29 is 4.79 Å². The van der Waals surface area contributed by atoms with Gasteiger partial charge in [0.05, 0.1) is 6.54 Å². The number of hydrogen-bond acceptors (Lipinski definition) is 5. The van der Waals surface area contributed by atoms with Crippen molar-refractivity contribution in [1.29, 1.82) is 5.26 Å². The van der Waals surface area contributed by atoms with E-state index in [0.29, 0.717) is 17.8 Å². The highest BCUT2D eigenvalue weighted by atomic mass is 35.5. The fourth-order valence-electron chi connectivity index (χ4n) is 2.98. The van der Waals surface area contributed by atoms with Crippen LogP contribution in [0.25, 0.3) is 0 Å². The smallest absolute Gasteiger partial charge is 0.152 e. The number of thiophene rings is 1. The maximum atomic E-state index is 12.2. The number of halogens is 2. The Bertz CT molecular complexity index is 722. The van der Waals surface area contributed by atoms with Crippen LogP contribution in [0.2, 0.25) is 0 Å². The molecule has 2 aromatic rings. The van der Waals surface area contributed by atoms with Crippen molar-refractivity contribution in [2.24, 2.45) is 0 Å². The summed E-state index contributed by atoms with van der Waals surface area (Å²) < 4.78 is 0. The lowest BCUT2D eigenvalue weighted by Crippen LogP contribution is -2.47. The summed E-state index contributed by atoms with van der Waals surface area (Å²) in [5.74, 6) is 0.234. The highest BCUT2D eigenvalue weighted by molar-refractivity contribution is 7.12. The van der Waals surface area contributed by atoms with E-state index in [9.17, 15) is 4.79 Å². The second kappa shape index (κ2) is 11.3. The fraction of sp³-hybridized carbons (Fsp3) is 0.368. The van der Waals surface area contributed by atoms with Crippen molar-refractivity contribution >= 4 is 41.9 Å². The largest absolute Gasteiger partial charge is 0.298 e. The molecule has 0 atom stereocenters. The summed E-state index contributed by atoms with van der Waals surface area (Å²) in [6.07, 6.45) is 0.441. The van der Waals surface area contributed by atoms with E-state index in [4.69, 9.17) is 5.26 Å². The lowest BCUT2D eigenvalue weighted by Gasteiger charge is -2.34. The van der Waals surface area contributed by atoms with E-state index in [2.05, 4.69) is 40.1 Å². The number of hydrogen-bond donors (Lipinski definition) is 0. The molecule has 0 aliphatic carbocycles. The Morgan fingerprint density at radius 2 is 1.65 bits per heavy atom. The number of benzene rings is 1. The summed E-state index contributed by atoms with van der Waals surface area (Å²) in [4.78, 5) is 18.6. The van der Waals surface area contributed by atoms with Crippen LogP contribution in [0.1, 0.15) is 15.3 Å². The topological polar surface area (TPSA) is 47.3 Å². The second-order valence-corrected chi connectivity index (χ2v) is 7.30. The fourth-order valence-corrected chi connectivity index (χ4v) is 3.81. The van der Waals surface area contributed by atoms with Gasteiger partial charge in [0, 0.05) is 44.0 Å². The predicted octanol–water partition coefficient (Wildman–Crippen LogP) is 3.39. The number of Topliss-reactive ketones (excluding diaryl/α,β-unsaturated/α-hetero) is 1. The molecule has 3 rings (SSSR count). The van der Waals surface area contributed by atoms with Crippen molar-refractivity contribution in [3.8, 4) is 6.07 Å². The van der Waals surface area contributed by atoms with Crippen LogP contribution < -0.4 is 0 Å². The maximum absolute atomic E-state index is 12.2. The molecule has 26 heavy (non-hydrogen) atoms. The highest BCUT2D eigenvalue weighted by Crippen LogP contribution is 2.16. The maximum Gasteiger partial charge on any atom is 0.152 e. The Morgan fingerprint density at radius 3 is 2.27 bits per heavy atom. The molecule has 2 heterocycles. The molecule has 1 saturated heterocycles. The molecule has 1 aliphatic rings. The SMILES string of the molecule is Cl.Cl.N#Cc1ccc(CC(=O)CN2CCN(Cc3ccccc3)CC2)s1. The first-order chi connectivity index (χ1) is 11.7. The molecule has 0 unspecified atom stereocenters. The number of carbonyl (C=O) groups excluding carboxylic acids is 1. The van der Waals surface area contributed by atoms with E-state index in [1.807, 2.05) is 12.1 Å². The summed E-state index contributed by atoms with van der Waals surface area (Å²) in [5, 5.41) is 8.84. The third-order valence-corrected chi connectivity index (χ3v) is 5.25. The molecule has 1 aromatic heterocycles. The van der Waals surface area contributed by atoms with Gasteiger partial charge >= 0.3 is 0 Å². The number of nitrogens with zero attached hydrogens (tertiary/aromatic N) is 3. The predicted molar refractivity (Wildman–Crippen MR) is 110 cm³/mol. The summed E-state index contributed by atoms with van der Waals surface area (Å²) in [6, 6.07) is 16.3. The molecule has 0 radical (unpaired) electrons. The molecule has 1 aromatic carbocycles. The molecular formula is C19H23Cl2N3OS. The van der Waals surface area contributed by atoms with Gasteiger partial charge in [-0.1, -0.05) is 30.3 Å². The van der Waals surface area contributed by atoms with Gasteiger partial charge in [0.2, 0.25) is 0 Å². The van der Waals surface area contributed by atoms with Gasteiger partial charge in [0.15, 0.2) is 5.78 Å². The Balaban J connectivity index is 0.00000169. The van der Waals surface area contributed by atoms with Crippen LogP contribution in [0.3, 0.4) is 0 Å². The Morgan fingerprint density at radius 1 is 1.00 bits per heavy atom. The van der Waals surface area contributed by atoms with Crippen LogP contribution in [0.4, 0.5) is 0 Å². The minimum absolute atomic E-state index is 0. The monoisotopic (exact) mass is 411 g/mol. The highest BCUT2D eigenvalue weighted by Gasteiger charge is 2.19. The van der Waals surface area contributed by atoms with Crippen molar-refractivity contribution in [2.45, 2.75) is 13.0 Å². The Kier molecular flexibility index (Phi) is 9.85. The number of nitriles is 1. The summed E-state index contributed by atoms with van der Waals surface area (Å²) >= 11 is 1.42. The summed E-state index contributed by atoms with van der Waals surface area (Å²) in [7, 11) is 0. The van der Waals surface area contributed by atoms with Gasteiger partial charge in [0.1, 0.15) is 10.9 Å². The standard InChI is InChI=1S/C19H21N3OS.2ClH/c20-13-19-7-6-18(24-19)12-17(23)15-22-10-8-21(9-11-22)14-16-4-2-1-3-5-16;;/h1-7H,8-12,14-15H2;2*1H. The quantitative estimate of drug-likeness (QED) is 0.730. The van der Waals surface area contributed by atoms with E-state index < -0.39 is 0 Å². The molecular weight excluding hydrogens is 389 g/mol. The van der Waals surface area contributed by atoms with E-state index in [0.717, 1.165) is 37.6 Å². The first-order valence-electron chi connectivity index (χ1n) is 8.22. The number of carbonyl (C=O) groups is 1. The van der Waals surface area contributed by atoms with Crippen LogP contribution in [0.15, 0.2) is 42.5 Å². The first-order valence-corrected chi connectivity index (χ1v) is 9.04. The van der Waals surface area contributed by atoms with E-state index in [1.165, 1.54) is 16.9 Å². The van der Waals surface area contributed by atoms with Gasteiger partial charge in [-0.15, -0.1) is 36.2 Å². The second-order valence-electron chi connectivity index (χ2n) is 6.13. The number of piperazine rings is 1. The molecule has 1 fully saturated rings.